The molecular formula is C16H25NO. The molecule has 2 rings (SSSR count). The fourth-order valence-corrected chi connectivity index (χ4v) is 3.26. The van der Waals surface area contributed by atoms with Crippen molar-refractivity contribution in [2.24, 2.45) is 5.92 Å². The van der Waals surface area contributed by atoms with E-state index in [-0.39, 0.29) is 5.41 Å². The lowest BCUT2D eigenvalue weighted by molar-refractivity contribution is 0.0386. The predicted molar refractivity (Wildman–Crippen MR) is 75.9 cm³/mol. The number of hydrogen-bond donors (Lipinski definition) is 0. The van der Waals surface area contributed by atoms with Gasteiger partial charge in [-0.15, -0.1) is 0 Å². The molecule has 1 fully saturated rings. The summed E-state index contributed by atoms with van der Waals surface area (Å²) in [6.07, 6.45) is 4.05. The van der Waals surface area contributed by atoms with Crippen LogP contribution in [0.5, 0.6) is 0 Å². The summed E-state index contributed by atoms with van der Waals surface area (Å²) in [5.74, 6) is 0.766. The molecule has 0 N–H and O–H groups in total. The first kappa shape index (κ1) is 13.6. The molecule has 1 atom stereocenters. The Balaban J connectivity index is 2.34. The third-order valence-electron chi connectivity index (χ3n) is 4.24. The van der Waals surface area contributed by atoms with Crippen LogP contribution in [-0.4, -0.2) is 39.3 Å². The summed E-state index contributed by atoms with van der Waals surface area (Å²) < 4.78 is 5.59. The molecule has 0 aliphatic heterocycles. The third kappa shape index (κ3) is 2.60. The zero-order valence-electron chi connectivity index (χ0n) is 11.9. The van der Waals surface area contributed by atoms with Gasteiger partial charge in [0.05, 0.1) is 6.61 Å². The zero-order chi connectivity index (χ0) is 13.0. The van der Waals surface area contributed by atoms with Gasteiger partial charge in [0.2, 0.25) is 0 Å². The molecule has 1 aromatic rings. The van der Waals surface area contributed by atoms with E-state index < -0.39 is 0 Å². The van der Waals surface area contributed by atoms with E-state index in [0.29, 0.717) is 0 Å². The molecule has 0 radical (unpaired) electrons. The number of methoxy groups -OCH3 is 1. The Labute approximate surface area is 111 Å². The van der Waals surface area contributed by atoms with E-state index in [4.69, 9.17) is 4.74 Å². The van der Waals surface area contributed by atoms with Crippen LogP contribution in [0.3, 0.4) is 0 Å². The Morgan fingerprint density at radius 3 is 2.33 bits per heavy atom. The zero-order valence-corrected chi connectivity index (χ0v) is 11.9. The Hall–Kier alpha value is -0.860. The molecule has 2 heteroatoms. The monoisotopic (exact) mass is 247 g/mol. The van der Waals surface area contributed by atoms with Crippen molar-refractivity contribution in [1.29, 1.82) is 0 Å². The quantitative estimate of drug-likeness (QED) is 0.766. The molecule has 1 saturated carbocycles. The van der Waals surface area contributed by atoms with Gasteiger partial charge in [-0.1, -0.05) is 36.8 Å². The fourth-order valence-electron chi connectivity index (χ4n) is 3.26. The normalized spacial score (nSPS) is 19.6. The van der Waals surface area contributed by atoms with Crippen molar-refractivity contribution in [1.82, 2.24) is 4.90 Å². The van der Waals surface area contributed by atoms with Gasteiger partial charge < -0.3 is 9.64 Å². The van der Waals surface area contributed by atoms with Crippen molar-refractivity contribution in [3.05, 3.63) is 35.9 Å². The first-order valence-electron chi connectivity index (χ1n) is 6.88. The summed E-state index contributed by atoms with van der Waals surface area (Å²) in [5.41, 5.74) is 1.60. The van der Waals surface area contributed by atoms with Gasteiger partial charge in [0.1, 0.15) is 0 Å². The van der Waals surface area contributed by atoms with Gasteiger partial charge in [0, 0.05) is 19.1 Å². The van der Waals surface area contributed by atoms with Gasteiger partial charge in [-0.2, -0.15) is 0 Å². The summed E-state index contributed by atoms with van der Waals surface area (Å²) >= 11 is 0. The summed E-state index contributed by atoms with van der Waals surface area (Å²) in [6.45, 7) is 1.88. The van der Waals surface area contributed by atoms with Crippen molar-refractivity contribution in [2.75, 3.05) is 34.4 Å². The standard InChI is InChI=1S/C16H25NO/c1-17(2)12-16(13-18-3,15-10-7-11-15)14-8-5-4-6-9-14/h4-6,8-9,15H,7,10-13H2,1-3H3. The van der Waals surface area contributed by atoms with Gasteiger partial charge in [-0.25, -0.2) is 0 Å². The number of likely N-dealkylation sites (N-methyl/N-ethyl adjacent to an activating group) is 1. The van der Waals surface area contributed by atoms with Crippen LogP contribution in [0.25, 0.3) is 0 Å². The fraction of sp³-hybridized carbons (Fsp3) is 0.625. The highest BCUT2D eigenvalue weighted by molar-refractivity contribution is 5.28. The van der Waals surface area contributed by atoms with E-state index >= 15 is 0 Å². The van der Waals surface area contributed by atoms with Gasteiger partial charge in [0.15, 0.2) is 0 Å². The second-order valence-electron chi connectivity index (χ2n) is 5.82. The van der Waals surface area contributed by atoms with E-state index in [9.17, 15) is 0 Å². The molecule has 2 nitrogen and oxygen atoms in total. The Morgan fingerprint density at radius 2 is 1.89 bits per heavy atom. The third-order valence-corrected chi connectivity index (χ3v) is 4.24. The number of nitrogens with zero attached hydrogens (tertiary/aromatic N) is 1. The van der Waals surface area contributed by atoms with Crippen LogP contribution in [0, 0.1) is 5.92 Å². The lowest BCUT2D eigenvalue weighted by Crippen LogP contribution is -2.49. The van der Waals surface area contributed by atoms with Crippen LogP contribution >= 0.6 is 0 Å². The van der Waals surface area contributed by atoms with Gasteiger partial charge in [0.25, 0.3) is 0 Å². The largest absolute Gasteiger partial charge is 0.384 e. The van der Waals surface area contributed by atoms with Crippen molar-refractivity contribution >= 4 is 0 Å². The lowest BCUT2D eigenvalue weighted by Gasteiger charge is -2.47. The van der Waals surface area contributed by atoms with E-state index in [1.165, 1.54) is 24.8 Å². The van der Waals surface area contributed by atoms with Crippen LogP contribution in [0.15, 0.2) is 30.3 Å². The maximum Gasteiger partial charge on any atom is 0.0574 e. The first-order valence-corrected chi connectivity index (χ1v) is 6.88. The molecule has 1 aromatic carbocycles. The smallest absolute Gasteiger partial charge is 0.0574 e. The van der Waals surface area contributed by atoms with E-state index in [1.54, 1.807) is 0 Å². The summed E-state index contributed by atoms with van der Waals surface area (Å²) in [5, 5.41) is 0. The van der Waals surface area contributed by atoms with Crippen LogP contribution in [-0.2, 0) is 10.2 Å². The second-order valence-corrected chi connectivity index (χ2v) is 5.82. The van der Waals surface area contributed by atoms with E-state index in [2.05, 4.69) is 49.3 Å². The highest BCUT2D eigenvalue weighted by atomic mass is 16.5. The highest BCUT2D eigenvalue weighted by Crippen LogP contribution is 2.44. The van der Waals surface area contributed by atoms with Crippen LogP contribution in [0.4, 0.5) is 0 Å². The molecule has 1 aliphatic rings. The summed E-state index contributed by atoms with van der Waals surface area (Å²) in [4.78, 5) is 2.30. The Morgan fingerprint density at radius 1 is 1.22 bits per heavy atom. The second kappa shape index (κ2) is 5.85. The van der Waals surface area contributed by atoms with Gasteiger partial charge in [-0.05, 0) is 38.4 Å². The molecule has 0 saturated heterocycles. The molecule has 0 aromatic heterocycles. The summed E-state index contributed by atoms with van der Waals surface area (Å²) in [6, 6.07) is 10.9. The van der Waals surface area contributed by atoms with Crippen molar-refractivity contribution < 1.29 is 4.74 Å². The van der Waals surface area contributed by atoms with E-state index in [0.717, 1.165) is 19.1 Å². The average Bonchev–Trinajstić information content (AvgIpc) is 2.27. The minimum Gasteiger partial charge on any atom is -0.384 e. The average molecular weight is 247 g/mol. The molecule has 1 unspecified atom stereocenters. The molecule has 0 spiro atoms. The van der Waals surface area contributed by atoms with Crippen molar-refractivity contribution in [3.63, 3.8) is 0 Å². The lowest BCUT2D eigenvalue weighted by atomic mass is 9.62. The van der Waals surface area contributed by atoms with Crippen molar-refractivity contribution in [2.45, 2.75) is 24.7 Å². The van der Waals surface area contributed by atoms with Gasteiger partial charge in [-0.3, -0.25) is 0 Å². The first-order chi connectivity index (χ1) is 8.69. The number of ether oxygens (including phenoxy) is 1. The van der Waals surface area contributed by atoms with Gasteiger partial charge >= 0.3 is 0 Å². The predicted octanol–water partition coefficient (Wildman–Crippen LogP) is 2.93. The highest BCUT2D eigenvalue weighted by Gasteiger charge is 2.43. The molecule has 0 bridgehead atoms. The molecule has 0 amide bonds. The SMILES string of the molecule is COCC(CN(C)C)(c1ccccc1)C1CCC1. The van der Waals surface area contributed by atoms with E-state index in [1.807, 2.05) is 7.11 Å². The molecule has 100 valence electrons. The number of benzene rings is 1. The maximum absolute atomic E-state index is 5.59. The van der Waals surface area contributed by atoms with Crippen molar-refractivity contribution in [3.8, 4) is 0 Å². The summed E-state index contributed by atoms with van der Waals surface area (Å²) in [7, 11) is 6.14. The topological polar surface area (TPSA) is 12.5 Å². The van der Waals surface area contributed by atoms with Crippen LogP contribution in [0.2, 0.25) is 0 Å². The number of rotatable bonds is 6. The molecular weight excluding hydrogens is 222 g/mol. The molecule has 1 aliphatic carbocycles. The molecule has 18 heavy (non-hydrogen) atoms. The number of hydrogen-bond acceptors (Lipinski definition) is 2. The minimum absolute atomic E-state index is 0.164. The Bertz CT molecular complexity index is 359. The van der Waals surface area contributed by atoms with Crippen LogP contribution < -0.4 is 0 Å². The Kier molecular flexibility index (Phi) is 4.41. The van der Waals surface area contributed by atoms with Crippen LogP contribution in [0.1, 0.15) is 24.8 Å². The minimum atomic E-state index is 0.164. The maximum atomic E-state index is 5.59. The molecule has 0 heterocycles.